The fourth-order valence-corrected chi connectivity index (χ4v) is 2.08. The summed E-state index contributed by atoms with van der Waals surface area (Å²) in [6.07, 6.45) is 0. The molecule has 5 nitrogen and oxygen atoms in total. The lowest BCUT2D eigenvalue weighted by Crippen LogP contribution is -2.49. The standard InChI is InChI=1S/C13H13FN2O3/c14-11-2-1-9(6-15)10(5-11)7-16-3-4-19-8-12(16)13(17)18/h1-2,5,12H,3-4,7-8H2,(H,17,18). The number of carboxylic acids is 1. The van der Waals surface area contributed by atoms with Gasteiger partial charge in [0.1, 0.15) is 11.9 Å². The Hall–Kier alpha value is -1.97. The first-order valence-electron chi connectivity index (χ1n) is 5.85. The van der Waals surface area contributed by atoms with E-state index in [2.05, 4.69) is 0 Å². The number of ether oxygens (including phenoxy) is 1. The molecule has 19 heavy (non-hydrogen) atoms. The molecule has 0 amide bonds. The van der Waals surface area contributed by atoms with E-state index in [0.29, 0.717) is 24.3 Å². The molecule has 1 atom stereocenters. The second-order valence-electron chi connectivity index (χ2n) is 4.31. The highest BCUT2D eigenvalue weighted by Gasteiger charge is 2.29. The first kappa shape index (κ1) is 13.5. The smallest absolute Gasteiger partial charge is 0.323 e. The van der Waals surface area contributed by atoms with Crippen LogP contribution in [0.5, 0.6) is 0 Å². The summed E-state index contributed by atoms with van der Waals surface area (Å²) >= 11 is 0. The maximum Gasteiger partial charge on any atom is 0.323 e. The van der Waals surface area contributed by atoms with Crippen LogP contribution in [0.1, 0.15) is 11.1 Å². The predicted molar refractivity (Wildman–Crippen MR) is 63.8 cm³/mol. The van der Waals surface area contributed by atoms with Crippen LogP contribution in [-0.2, 0) is 16.1 Å². The van der Waals surface area contributed by atoms with Gasteiger partial charge in [-0.1, -0.05) is 0 Å². The molecule has 2 rings (SSSR count). The number of benzene rings is 1. The molecule has 0 bridgehead atoms. The molecule has 1 unspecified atom stereocenters. The van der Waals surface area contributed by atoms with Gasteiger partial charge in [-0.2, -0.15) is 5.26 Å². The summed E-state index contributed by atoms with van der Waals surface area (Å²) < 4.78 is 18.4. The van der Waals surface area contributed by atoms with Crippen molar-refractivity contribution < 1.29 is 19.0 Å². The number of nitrogens with zero attached hydrogens (tertiary/aromatic N) is 2. The molecule has 0 saturated carbocycles. The van der Waals surface area contributed by atoms with Gasteiger partial charge in [0, 0.05) is 13.1 Å². The van der Waals surface area contributed by atoms with Gasteiger partial charge >= 0.3 is 5.97 Å². The molecule has 1 aliphatic rings. The minimum Gasteiger partial charge on any atom is -0.480 e. The Labute approximate surface area is 109 Å². The van der Waals surface area contributed by atoms with E-state index in [0.717, 1.165) is 0 Å². The largest absolute Gasteiger partial charge is 0.480 e. The third-order valence-electron chi connectivity index (χ3n) is 3.09. The van der Waals surface area contributed by atoms with Gasteiger partial charge in [-0.3, -0.25) is 9.69 Å². The molecule has 1 heterocycles. The van der Waals surface area contributed by atoms with Gasteiger partial charge in [0.15, 0.2) is 0 Å². The summed E-state index contributed by atoms with van der Waals surface area (Å²) in [7, 11) is 0. The summed E-state index contributed by atoms with van der Waals surface area (Å²) in [4.78, 5) is 12.8. The number of rotatable bonds is 3. The van der Waals surface area contributed by atoms with Crippen molar-refractivity contribution in [3.05, 3.63) is 35.1 Å². The van der Waals surface area contributed by atoms with Crippen LogP contribution < -0.4 is 0 Å². The molecule has 1 fully saturated rings. The minimum absolute atomic E-state index is 0.104. The quantitative estimate of drug-likeness (QED) is 0.881. The Kier molecular flexibility index (Phi) is 4.10. The number of hydrogen-bond acceptors (Lipinski definition) is 4. The predicted octanol–water partition coefficient (Wildman–Crippen LogP) is 0.983. The monoisotopic (exact) mass is 264 g/mol. The van der Waals surface area contributed by atoms with Crippen LogP contribution in [0.4, 0.5) is 4.39 Å². The highest BCUT2D eigenvalue weighted by molar-refractivity contribution is 5.73. The van der Waals surface area contributed by atoms with Crippen molar-refractivity contribution >= 4 is 5.97 Å². The molecule has 0 radical (unpaired) electrons. The van der Waals surface area contributed by atoms with E-state index in [1.54, 1.807) is 4.90 Å². The van der Waals surface area contributed by atoms with Gasteiger partial charge < -0.3 is 9.84 Å². The van der Waals surface area contributed by atoms with Crippen molar-refractivity contribution in [3.8, 4) is 6.07 Å². The Morgan fingerprint density at radius 1 is 1.63 bits per heavy atom. The second-order valence-corrected chi connectivity index (χ2v) is 4.31. The first-order chi connectivity index (χ1) is 9.11. The van der Waals surface area contributed by atoms with E-state index >= 15 is 0 Å². The van der Waals surface area contributed by atoms with E-state index in [4.69, 9.17) is 15.1 Å². The number of hydrogen-bond donors (Lipinski definition) is 1. The number of halogens is 1. The van der Waals surface area contributed by atoms with Crippen molar-refractivity contribution in [2.24, 2.45) is 0 Å². The normalized spacial score (nSPS) is 19.9. The van der Waals surface area contributed by atoms with Crippen molar-refractivity contribution in [2.75, 3.05) is 19.8 Å². The molecular weight excluding hydrogens is 251 g/mol. The number of aliphatic carboxylic acids is 1. The highest BCUT2D eigenvalue weighted by Crippen LogP contribution is 2.17. The molecule has 0 aromatic heterocycles. The highest BCUT2D eigenvalue weighted by atomic mass is 19.1. The van der Waals surface area contributed by atoms with Crippen LogP contribution in [0.25, 0.3) is 0 Å². The molecule has 1 aromatic carbocycles. The molecule has 6 heteroatoms. The Bertz CT molecular complexity index is 527. The van der Waals surface area contributed by atoms with Gasteiger partial charge in [0.05, 0.1) is 24.8 Å². The number of carbonyl (C=O) groups is 1. The Morgan fingerprint density at radius 2 is 2.42 bits per heavy atom. The van der Waals surface area contributed by atoms with Crippen LogP contribution in [0, 0.1) is 17.1 Å². The van der Waals surface area contributed by atoms with Crippen LogP contribution in [0.2, 0.25) is 0 Å². The SMILES string of the molecule is N#Cc1ccc(F)cc1CN1CCOCC1C(=O)O. The summed E-state index contributed by atoms with van der Waals surface area (Å²) in [5.41, 5.74) is 0.854. The first-order valence-corrected chi connectivity index (χ1v) is 5.85. The van der Waals surface area contributed by atoms with Crippen molar-refractivity contribution in [1.29, 1.82) is 5.26 Å². The van der Waals surface area contributed by atoms with E-state index in [-0.39, 0.29) is 13.2 Å². The zero-order valence-electron chi connectivity index (χ0n) is 10.2. The number of morpholine rings is 1. The zero-order valence-corrected chi connectivity index (χ0v) is 10.2. The molecule has 1 N–H and O–H groups in total. The van der Waals surface area contributed by atoms with Crippen molar-refractivity contribution in [2.45, 2.75) is 12.6 Å². The van der Waals surface area contributed by atoms with E-state index in [1.807, 2.05) is 6.07 Å². The second kappa shape index (κ2) is 5.78. The molecule has 100 valence electrons. The van der Waals surface area contributed by atoms with Gasteiger partial charge in [0.25, 0.3) is 0 Å². The molecular formula is C13H13FN2O3. The molecule has 0 aliphatic carbocycles. The summed E-state index contributed by atoms with van der Waals surface area (Å²) in [5, 5.41) is 18.1. The third-order valence-corrected chi connectivity index (χ3v) is 3.09. The maximum atomic E-state index is 13.2. The lowest BCUT2D eigenvalue weighted by molar-refractivity contribution is -0.150. The zero-order chi connectivity index (χ0) is 13.8. The average Bonchev–Trinajstić information content (AvgIpc) is 2.39. The lowest BCUT2D eigenvalue weighted by Gasteiger charge is -2.32. The fraction of sp³-hybridized carbons (Fsp3) is 0.385. The van der Waals surface area contributed by atoms with Crippen LogP contribution in [-0.4, -0.2) is 41.8 Å². The molecule has 0 spiro atoms. The van der Waals surface area contributed by atoms with E-state index in [1.165, 1.54) is 18.2 Å². The number of carboxylic acid groups (broad SMARTS) is 1. The lowest BCUT2D eigenvalue weighted by atomic mass is 10.1. The maximum absolute atomic E-state index is 13.2. The van der Waals surface area contributed by atoms with Crippen LogP contribution in [0.3, 0.4) is 0 Å². The van der Waals surface area contributed by atoms with Gasteiger partial charge in [-0.05, 0) is 23.8 Å². The van der Waals surface area contributed by atoms with Crippen molar-refractivity contribution in [1.82, 2.24) is 4.90 Å². The van der Waals surface area contributed by atoms with Crippen molar-refractivity contribution in [3.63, 3.8) is 0 Å². The molecule has 1 saturated heterocycles. The summed E-state index contributed by atoms with van der Waals surface area (Å²) in [5.74, 6) is -1.41. The summed E-state index contributed by atoms with van der Waals surface area (Å²) in [6, 6.07) is 5.12. The average molecular weight is 264 g/mol. The Balaban J connectivity index is 2.22. The Morgan fingerprint density at radius 3 is 3.11 bits per heavy atom. The topological polar surface area (TPSA) is 73.6 Å². The minimum atomic E-state index is -0.977. The van der Waals surface area contributed by atoms with Crippen LogP contribution in [0.15, 0.2) is 18.2 Å². The molecule has 1 aromatic rings. The van der Waals surface area contributed by atoms with Gasteiger partial charge in [-0.25, -0.2) is 4.39 Å². The fourth-order valence-electron chi connectivity index (χ4n) is 2.08. The molecule has 1 aliphatic heterocycles. The van der Waals surface area contributed by atoms with E-state index in [9.17, 15) is 9.18 Å². The summed E-state index contributed by atoms with van der Waals surface area (Å²) in [6.45, 7) is 1.20. The van der Waals surface area contributed by atoms with E-state index < -0.39 is 17.8 Å². The van der Waals surface area contributed by atoms with Gasteiger partial charge in [-0.15, -0.1) is 0 Å². The van der Waals surface area contributed by atoms with Gasteiger partial charge in [0.2, 0.25) is 0 Å². The third kappa shape index (κ3) is 3.08. The van der Waals surface area contributed by atoms with Crippen LogP contribution >= 0.6 is 0 Å². The number of nitriles is 1.